The third-order valence-electron chi connectivity index (χ3n) is 5.24. The molecule has 1 saturated heterocycles. The van der Waals surface area contributed by atoms with Gasteiger partial charge in [0.25, 0.3) is 0 Å². The van der Waals surface area contributed by atoms with Crippen molar-refractivity contribution in [3.63, 3.8) is 0 Å². The highest BCUT2D eigenvalue weighted by molar-refractivity contribution is 6.06. The van der Waals surface area contributed by atoms with E-state index < -0.39 is 0 Å². The average Bonchev–Trinajstić information content (AvgIpc) is 2.99. The summed E-state index contributed by atoms with van der Waals surface area (Å²) in [5.41, 5.74) is 1.65. The molecule has 2 aromatic rings. The highest BCUT2D eigenvalue weighted by atomic mass is 16.1. The monoisotopic (exact) mass is 327 g/mol. The van der Waals surface area contributed by atoms with Crippen LogP contribution in [0.25, 0.3) is 10.9 Å². The summed E-state index contributed by atoms with van der Waals surface area (Å²) >= 11 is 0. The Morgan fingerprint density at radius 2 is 1.88 bits per heavy atom. The average molecular weight is 327 g/mol. The number of likely N-dealkylation sites (tertiary alicyclic amines) is 1. The van der Waals surface area contributed by atoms with Gasteiger partial charge in [-0.05, 0) is 65.6 Å². The molecule has 0 unspecified atom stereocenters. The van der Waals surface area contributed by atoms with Crippen LogP contribution in [0.2, 0.25) is 0 Å². The van der Waals surface area contributed by atoms with E-state index in [-0.39, 0.29) is 5.78 Å². The summed E-state index contributed by atoms with van der Waals surface area (Å²) in [6.45, 7) is 10.9. The van der Waals surface area contributed by atoms with Crippen LogP contribution in [0.5, 0.6) is 0 Å². The van der Waals surface area contributed by atoms with E-state index in [0.717, 1.165) is 42.4 Å². The molecule has 1 aromatic carbocycles. The third kappa shape index (κ3) is 3.54. The summed E-state index contributed by atoms with van der Waals surface area (Å²) in [5.74, 6) is 0.757. The molecule has 1 aliphatic heterocycles. The van der Waals surface area contributed by atoms with Gasteiger partial charge in [-0.15, -0.1) is 0 Å². The second-order valence-corrected chi connectivity index (χ2v) is 7.65. The zero-order chi connectivity index (χ0) is 17.3. The third-order valence-corrected chi connectivity index (χ3v) is 5.24. The molecule has 0 amide bonds. The van der Waals surface area contributed by atoms with Crippen LogP contribution in [0.4, 0.5) is 0 Å². The van der Waals surface area contributed by atoms with Crippen LogP contribution in [0.1, 0.15) is 63.4 Å². The van der Waals surface area contributed by atoms with E-state index in [0.29, 0.717) is 24.4 Å². The fourth-order valence-corrected chi connectivity index (χ4v) is 3.60. The summed E-state index contributed by atoms with van der Waals surface area (Å²) in [4.78, 5) is 15.4. The predicted molar refractivity (Wildman–Crippen MR) is 98.5 cm³/mol. The Kier molecular flexibility index (Phi) is 5.04. The second-order valence-electron chi connectivity index (χ2n) is 7.65. The number of hydrogen-bond donors (Lipinski definition) is 0. The number of rotatable bonds is 5. The van der Waals surface area contributed by atoms with Crippen molar-refractivity contribution in [1.29, 1.82) is 0 Å². The van der Waals surface area contributed by atoms with Gasteiger partial charge in [-0.1, -0.05) is 12.1 Å². The SMILES string of the molecule is CC(C)N1CCC(CC(=O)c2cccc3cn(C(C)C)nc23)CC1. The molecule has 130 valence electrons. The summed E-state index contributed by atoms with van der Waals surface area (Å²) in [5, 5.41) is 5.71. The van der Waals surface area contributed by atoms with Crippen LogP contribution in [-0.2, 0) is 0 Å². The second kappa shape index (κ2) is 7.06. The first-order valence-corrected chi connectivity index (χ1v) is 9.21. The molecule has 1 fully saturated rings. The first-order chi connectivity index (χ1) is 11.5. The minimum Gasteiger partial charge on any atom is -0.301 e. The zero-order valence-corrected chi connectivity index (χ0v) is 15.3. The van der Waals surface area contributed by atoms with E-state index in [1.54, 1.807) is 0 Å². The molecule has 0 aliphatic carbocycles. The van der Waals surface area contributed by atoms with Gasteiger partial charge in [0, 0.05) is 35.7 Å². The van der Waals surface area contributed by atoms with Gasteiger partial charge >= 0.3 is 0 Å². The first kappa shape index (κ1) is 17.2. The highest BCUT2D eigenvalue weighted by Gasteiger charge is 2.24. The number of ketones is 1. The maximum atomic E-state index is 12.9. The van der Waals surface area contributed by atoms with E-state index in [4.69, 9.17) is 0 Å². The summed E-state index contributed by atoms with van der Waals surface area (Å²) < 4.78 is 1.95. The first-order valence-electron chi connectivity index (χ1n) is 9.21. The fourth-order valence-electron chi connectivity index (χ4n) is 3.60. The van der Waals surface area contributed by atoms with Crippen molar-refractivity contribution >= 4 is 16.7 Å². The topological polar surface area (TPSA) is 38.1 Å². The molecule has 0 spiro atoms. The van der Waals surface area contributed by atoms with Gasteiger partial charge in [0.2, 0.25) is 0 Å². The van der Waals surface area contributed by atoms with Gasteiger partial charge in [0.05, 0.1) is 0 Å². The number of piperidine rings is 1. The molecule has 2 heterocycles. The van der Waals surface area contributed by atoms with Crippen molar-refractivity contribution in [3.8, 4) is 0 Å². The molecule has 1 aliphatic rings. The molecule has 4 nitrogen and oxygen atoms in total. The van der Waals surface area contributed by atoms with Crippen LogP contribution in [0.3, 0.4) is 0 Å². The molecular weight excluding hydrogens is 298 g/mol. The molecule has 3 rings (SSSR count). The van der Waals surface area contributed by atoms with Gasteiger partial charge in [-0.2, -0.15) is 5.10 Å². The number of nitrogens with zero attached hydrogens (tertiary/aromatic N) is 3. The molecule has 0 radical (unpaired) electrons. The van der Waals surface area contributed by atoms with Crippen LogP contribution < -0.4 is 0 Å². The van der Waals surface area contributed by atoms with Crippen molar-refractivity contribution in [2.24, 2.45) is 5.92 Å². The van der Waals surface area contributed by atoms with Gasteiger partial charge in [0.15, 0.2) is 5.78 Å². The molecular formula is C20H29N3O. The number of carbonyl (C=O) groups excluding carboxylic acids is 1. The maximum absolute atomic E-state index is 12.9. The van der Waals surface area contributed by atoms with E-state index in [1.807, 2.05) is 29.1 Å². The van der Waals surface area contributed by atoms with Gasteiger partial charge in [-0.3, -0.25) is 9.48 Å². The van der Waals surface area contributed by atoms with Gasteiger partial charge < -0.3 is 4.90 Å². The number of carbonyl (C=O) groups is 1. The number of aromatic nitrogens is 2. The van der Waals surface area contributed by atoms with Crippen molar-refractivity contribution in [3.05, 3.63) is 30.0 Å². The van der Waals surface area contributed by atoms with Crippen LogP contribution in [0.15, 0.2) is 24.4 Å². The minimum atomic E-state index is 0.248. The lowest BCUT2D eigenvalue weighted by atomic mass is 9.89. The van der Waals surface area contributed by atoms with Crippen molar-refractivity contribution in [1.82, 2.24) is 14.7 Å². The summed E-state index contributed by atoms with van der Waals surface area (Å²) in [6.07, 6.45) is 4.94. The van der Waals surface area contributed by atoms with E-state index in [2.05, 4.69) is 37.7 Å². The van der Waals surface area contributed by atoms with E-state index >= 15 is 0 Å². The Morgan fingerprint density at radius 3 is 2.50 bits per heavy atom. The van der Waals surface area contributed by atoms with E-state index in [1.165, 1.54) is 0 Å². The van der Waals surface area contributed by atoms with E-state index in [9.17, 15) is 4.79 Å². The Morgan fingerprint density at radius 1 is 1.17 bits per heavy atom. The Labute approximate surface area is 144 Å². The molecule has 0 saturated carbocycles. The maximum Gasteiger partial charge on any atom is 0.165 e. The minimum absolute atomic E-state index is 0.248. The molecule has 1 aromatic heterocycles. The Bertz CT molecular complexity index is 709. The Balaban J connectivity index is 1.73. The van der Waals surface area contributed by atoms with Crippen molar-refractivity contribution in [2.45, 2.75) is 59.0 Å². The molecule has 0 N–H and O–H groups in total. The smallest absolute Gasteiger partial charge is 0.165 e. The number of benzene rings is 1. The lowest BCUT2D eigenvalue weighted by Gasteiger charge is -2.34. The molecule has 24 heavy (non-hydrogen) atoms. The fraction of sp³-hybridized carbons (Fsp3) is 0.600. The number of fused-ring (bicyclic) bond motifs is 1. The summed E-state index contributed by atoms with van der Waals surface area (Å²) in [6, 6.07) is 6.87. The zero-order valence-electron chi connectivity index (χ0n) is 15.3. The van der Waals surface area contributed by atoms with Crippen LogP contribution in [-0.4, -0.2) is 39.6 Å². The number of Topliss-reactive ketones (excluding diaryl/α,β-unsaturated/α-hetero) is 1. The van der Waals surface area contributed by atoms with Crippen molar-refractivity contribution < 1.29 is 4.79 Å². The quantitative estimate of drug-likeness (QED) is 0.768. The predicted octanol–water partition coefficient (Wildman–Crippen LogP) is 4.31. The van der Waals surface area contributed by atoms with Gasteiger partial charge in [-0.25, -0.2) is 0 Å². The molecule has 0 bridgehead atoms. The summed E-state index contributed by atoms with van der Waals surface area (Å²) in [7, 11) is 0. The molecule has 4 heteroatoms. The molecule has 0 atom stereocenters. The van der Waals surface area contributed by atoms with Crippen LogP contribution >= 0.6 is 0 Å². The lowest BCUT2D eigenvalue weighted by Crippen LogP contribution is -2.38. The van der Waals surface area contributed by atoms with Crippen LogP contribution in [0, 0.1) is 5.92 Å². The standard InChI is InChI=1S/C20H29N3O/c1-14(2)22-10-8-16(9-11-22)12-19(24)18-7-5-6-17-13-23(15(3)4)21-20(17)18/h5-7,13-16H,8-12H2,1-4H3. The lowest BCUT2D eigenvalue weighted by molar-refractivity contribution is 0.0913. The van der Waals surface area contributed by atoms with Gasteiger partial charge in [0.1, 0.15) is 5.52 Å². The highest BCUT2D eigenvalue weighted by Crippen LogP contribution is 2.26. The van der Waals surface area contributed by atoms with Crippen molar-refractivity contribution in [2.75, 3.05) is 13.1 Å². The number of hydrogen-bond acceptors (Lipinski definition) is 3. The Hall–Kier alpha value is -1.68. The normalized spacial score (nSPS) is 17.2. The largest absolute Gasteiger partial charge is 0.301 e.